The van der Waals surface area contributed by atoms with Gasteiger partial charge in [0.25, 0.3) is 0 Å². The molecule has 0 unspecified atom stereocenters. The number of rotatable bonds is 3. The summed E-state index contributed by atoms with van der Waals surface area (Å²) in [6, 6.07) is 3.44. The number of nitrogens with one attached hydrogen (secondary N) is 1. The van der Waals surface area contributed by atoms with E-state index in [1.165, 1.54) is 19.5 Å². The van der Waals surface area contributed by atoms with E-state index in [0.29, 0.717) is 27.0 Å². The number of ether oxygens (including phenoxy) is 1. The van der Waals surface area contributed by atoms with Gasteiger partial charge in [0.1, 0.15) is 16.9 Å². The first kappa shape index (κ1) is 15.6. The molecule has 2 heterocycles. The number of esters is 1. The average Bonchev–Trinajstić information content (AvgIpc) is 2.57. The van der Waals surface area contributed by atoms with Crippen molar-refractivity contribution in [1.29, 1.82) is 0 Å². The minimum atomic E-state index is -0.533. The summed E-state index contributed by atoms with van der Waals surface area (Å²) < 4.78 is 5.45. The number of hydrogen-bond acceptors (Lipinski definition) is 7. The number of carbonyl (C=O) groups is 1. The zero-order valence-electron chi connectivity index (χ0n) is 11.7. The van der Waals surface area contributed by atoms with Crippen molar-refractivity contribution in [2.45, 2.75) is 0 Å². The number of aromatic nitrogens is 4. The third-order valence-electron chi connectivity index (χ3n) is 3.00. The molecule has 116 valence electrons. The second kappa shape index (κ2) is 6.43. The molecule has 0 bridgehead atoms. The van der Waals surface area contributed by atoms with Gasteiger partial charge in [-0.05, 0) is 39.7 Å². The predicted molar refractivity (Wildman–Crippen MR) is 88.9 cm³/mol. The minimum absolute atomic E-state index is 0.0795. The minimum Gasteiger partial charge on any atom is -0.465 e. The molecule has 1 aromatic carbocycles. The van der Waals surface area contributed by atoms with Gasteiger partial charge in [0.2, 0.25) is 5.28 Å². The molecule has 0 aliphatic carbocycles. The van der Waals surface area contributed by atoms with Crippen LogP contribution in [0.2, 0.25) is 5.28 Å². The summed E-state index contributed by atoms with van der Waals surface area (Å²) in [6.07, 6.45) is 4.57. The molecule has 3 aromatic rings. The van der Waals surface area contributed by atoms with Crippen molar-refractivity contribution in [3.05, 3.63) is 46.0 Å². The van der Waals surface area contributed by atoms with Gasteiger partial charge in [-0.3, -0.25) is 9.97 Å². The number of hydrogen-bond donors (Lipinski definition) is 1. The second-order valence-electron chi connectivity index (χ2n) is 4.36. The summed E-state index contributed by atoms with van der Waals surface area (Å²) in [5.41, 5.74) is 1.75. The standard InChI is InChI=1S/C14H9BrClN5O2/c1-23-13(22)10-8(2-3-9-11(10)18-5-4-17-9)20-12-7(15)6-19-14(16)21-12/h2-6H,1H3,(H,19,20,21). The molecule has 0 saturated carbocycles. The number of benzene rings is 1. The largest absolute Gasteiger partial charge is 0.465 e. The van der Waals surface area contributed by atoms with Gasteiger partial charge in [0, 0.05) is 18.6 Å². The molecule has 9 heteroatoms. The maximum Gasteiger partial charge on any atom is 0.342 e. The molecule has 0 amide bonds. The zero-order valence-corrected chi connectivity index (χ0v) is 14.1. The first-order valence-corrected chi connectivity index (χ1v) is 7.54. The molecule has 0 atom stereocenters. The van der Waals surface area contributed by atoms with E-state index in [0.717, 1.165) is 0 Å². The molecule has 7 nitrogen and oxygen atoms in total. The lowest BCUT2D eigenvalue weighted by Gasteiger charge is -2.12. The van der Waals surface area contributed by atoms with E-state index < -0.39 is 5.97 Å². The van der Waals surface area contributed by atoms with Crippen LogP contribution in [0.1, 0.15) is 10.4 Å². The lowest BCUT2D eigenvalue weighted by molar-refractivity contribution is 0.0604. The lowest BCUT2D eigenvalue weighted by Crippen LogP contribution is -2.08. The van der Waals surface area contributed by atoms with Gasteiger partial charge in [0.15, 0.2) is 0 Å². The van der Waals surface area contributed by atoms with Crippen LogP contribution >= 0.6 is 27.5 Å². The average molecular weight is 395 g/mol. The van der Waals surface area contributed by atoms with Crippen LogP contribution in [0.3, 0.4) is 0 Å². The van der Waals surface area contributed by atoms with Crippen LogP contribution in [0.25, 0.3) is 11.0 Å². The first-order chi connectivity index (χ1) is 11.1. The SMILES string of the molecule is COC(=O)c1c(Nc2nc(Cl)ncc2Br)ccc2nccnc12. The summed E-state index contributed by atoms with van der Waals surface area (Å²) in [7, 11) is 1.30. The van der Waals surface area contributed by atoms with E-state index in [-0.39, 0.29) is 10.8 Å². The quantitative estimate of drug-likeness (QED) is 0.538. The summed E-state index contributed by atoms with van der Waals surface area (Å²) in [5, 5.41) is 3.12. The summed E-state index contributed by atoms with van der Waals surface area (Å²) in [4.78, 5) is 28.5. The molecule has 0 fully saturated rings. The Morgan fingerprint density at radius 2 is 2.04 bits per heavy atom. The number of anilines is 2. The smallest absolute Gasteiger partial charge is 0.342 e. The fourth-order valence-electron chi connectivity index (χ4n) is 2.01. The van der Waals surface area contributed by atoms with Crippen LogP contribution in [-0.2, 0) is 4.74 Å². The van der Waals surface area contributed by atoms with Gasteiger partial charge in [0.05, 0.1) is 22.8 Å². The Balaban J connectivity index is 2.17. The first-order valence-electron chi connectivity index (χ1n) is 6.37. The second-order valence-corrected chi connectivity index (χ2v) is 5.56. The van der Waals surface area contributed by atoms with E-state index >= 15 is 0 Å². The normalized spacial score (nSPS) is 10.6. The Kier molecular flexibility index (Phi) is 4.35. The van der Waals surface area contributed by atoms with Crippen LogP contribution in [0, 0.1) is 0 Å². The molecule has 0 spiro atoms. The highest BCUT2D eigenvalue weighted by atomic mass is 79.9. The van der Waals surface area contributed by atoms with E-state index in [9.17, 15) is 4.79 Å². The third-order valence-corrected chi connectivity index (χ3v) is 3.76. The molecule has 23 heavy (non-hydrogen) atoms. The van der Waals surface area contributed by atoms with Crippen LogP contribution in [0.5, 0.6) is 0 Å². The Bertz CT molecular complexity index is 905. The molecule has 3 rings (SSSR count). The van der Waals surface area contributed by atoms with Crippen molar-refractivity contribution < 1.29 is 9.53 Å². The molecular formula is C14H9BrClN5O2. The Morgan fingerprint density at radius 1 is 1.26 bits per heavy atom. The zero-order chi connectivity index (χ0) is 16.4. The lowest BCUT2D eigenvalue weighted by atomic mass is 10.1. The van der Waals surface area contributed by atoms with Gasteiger partial charge in [-0.15, -0.1) is 0 Å². The van der Waals surface area contributed by atoms with Crippen molar-refractivity contribution in [3.63, 3.8) is 0 Å². The number of halogens is 2. The molecule has 2 aromatic heterocycles. The fourth-order valence-corrected chi connectivity index (χ4v) is 2.43. The van der Waals surface area contributed by atoms with Crippen LogP contribution in [-0.4, -0.2) is 33.0 Å². The van der Waals surface area contributed by atoms with Crippen molar-refractivity contribution >= 4 is 56.0 Å². The van der Waals surface area contributed by atoms with E-state index in [2.05, 4.69) is 41.2 Å². The van der Waals surface area contributed by atoms with Crippen molar-refractivity contribution in [1.82, 2.24) is 19.9 Å². The Labute approximate surface area is 144 Å². The van der Waals surface area contributed by atoms with Crippen molar-refractivity contribution in [3.8, 4) is 0 Å². The van der Waals surface area contributed by atoms with E-state index in [1.54, 1.807) is 18.3 Å². The molecular weight excluding hydrogens is 386 g/mol. The highest BCUT2D eigenvalue weighted by molar-refractivity contribution is 9.10. The maximum absolute atomic E-state index is 12.2. The Morgan fingerprint density at radius 3 is 2.83 bits per heavy atom. The predicted octanol–water partition coefficient (Wildman–Crippen LogP) is 3.37. The van der Waals surface area contributed by atoms with Gasteiger partial charge in [-0.25, -0.2) is 9.78 Å². The van der Waals surface area contributed by atoms with Gasteiger partial charge >= 0.3 is 5.97 Å². The number of carbonyl (C=O) groups excluding carboxylic acids is 1. The number of methoxy groups -OCH3 is 1. The van der Waals surface area contributed by atoms with Gasteiger partial charge < -0.3 is 10.1 Å². The third kappa shape index (κ3) is 3.08. The van der Waals surface area contributed by atoms with Crippen LogP contribution in [0.4, 0.5) is 11.5 Å². The van der Waals surface area contributed by atoms with Crippen LogP contribution in [0.15, 0.2) is 35.2 Å². The molecule has 0 saturated heterocycles. The Hall–Kier alpha value is -2.32. The molecule has 0 aliphatic heterocycles. The summed E-state index contributed by atoms with van der Waals surface area (Å²) in [6.45, 7) is 0. The van der Waals surface area contributed by atoms with Gasteiger partial charge in [-0.2, -0.15) is 4.98 Å². The monoisotopic (exact) mass is 393 g/mol. The highest BCUT2D eigenvalue weighted by Crippen LogP contribution is 2.29. The fraction of sp³-hybridized carbons (Fsp3) is 0.0714. The number of nitrogens with zero attached hydrogens (tertiary/aromatic N) is 4. The maximum atomic E-state index is 12.2. The topological polar surface area (TPSA) is 89.9 Å². The van der Waals surface area contributed by atoms with E-state index in [4.69, 9.17) is 16.3 Å². The van der Waals surface area contributed by atoms with Crippen molar-refractivity contribution in [2.75, 3.05) is 12.4 Å². The highest BCUT2D eigenvalue weighted by Gasteiger charge is 2.19. The summed E-state index contributed by atoms with van der Waals surface area (Å²) in [5.74, 6) is -0.117. The molecule has 1 N–H and O–H groups in total. The van der Waals surface area contributed by atoms with Gasteiger partial charge in [-0.1, -0.05) is 0 Å². The number of fused-ring (bicyclic) bond motifs is 1. The summed E-state index contributed by atoms with van der Waals surface area (Å²) >= 11 is 9.14. The van der Waals surface area contributed by atoms with E-state index in [1.807, 2.05) is 0 Å². The van der Waals surface area contributed by atoms with Crippen LogP contribution < -0.4 is 5.32 Å². The van der Waals surface area contributed by atoms with Crippen molar-refractivity contribution in [2.24, 2.45) is 0 Å². The molecule has 0 aliphatic rings. The molecule has 0 radical (unpaired) electrons.